The van der Waals surface area contributed by atoms with Crippen LogP contribution in [0.3, 0.4) is 0 Å². The van der Waals surface area contributed by atoms with E-state index in [1.54, 1.807) is 0 Å². The second-order valence-electron chi connectivity index (χ2n) is 3.75. The molecule has 0 amide bonds. The molecule has 82 valence electrons. The molecule has 2 nitrogen and oxygen atoms in total. The fourth-order valence-electron chi connectivity index (χ4n) is 1.54. The van der Waals surface area contributed by atoms with E-state index in [0.717, 1.165) is 24.8 Å². The highest BCUT2D eigenvalue weighted by Gasteiger charge is 2.05. The molecule has 2 heteroatoms. The number of para-hydroxylation sites is 1. The van der Waals surface area contributed by atoms with Crippen molar-refractivity contribution in [3.63, 3.8) is 0 Å². The van der Waals surface area contributed by atoms with E-state index in [4.69, 9.17) is 0 Å². The molecule has 0 saturated carbocycles. The van der Waals surface area contributed by atoms with Gasteiger partial charge < -0.3 is 10.1 Å². The Bertz CT molecular complexity index is 271. The summed E-state index contributed by atoms with van der Waals surface area (Å²) in [4.78, 5) is 10.8. The molecule has 1 aromatic rings. The van der Waals surface area contributed by atoms with E-state index < -0.39 is 0 Å². The van der Waals surface area contributed by atoms with Crippen molar-refractivity contribution in [3.05, 3.63) is 30.3 Å². The highest BCUT2D eigenvalue weighted by molar-refractivity contribution is 5.64. The number of hydrogen-bond acceptors (Lipinski definition) is 2. The average molecular weight is 205 g/mol. The first-order valence-electron chi connectivity index (χ1n) is 5.63. The predicted molar refractivity (Wildman–Crippen MR) is 64.1 cm³/mol. The lowest BCUT2D eigenvalue weighted by molar-refractivity contribution is -0.108. The normalized spacial score (nSPS) is 12.1. The second-order valence-corrected chi connectivity index (χ2v) is 3.75. The van der Waals surface area contributed by atoms with Crippen molar-refractivity contribution >= 4 is 12.0 Å². The Balaban J connectivity index is 2.37. The third kappa shape index (κ3) is 4.63. The quantitative estimate of drug-likeness (QED) is 0.547. The number of benzene rings is 1. The van der Waals surface area contributed by atoms with Crippen LogP contribution in [0.1, 0.15) is 32.6 Å². The summed E-state index contributed by atoms with van der Waals surface area (Å²) in [5, 5.41) is 3.22. The molecule has 15 heavy (non-hydrogen) atoms. The molecule has 0 aromatic heterocycles. The minimum atomic E-state index is -0.0426. The minimum Gasteiger partial charge on any atom is -0.376 e. The van der Waals surface area contributed by atoms with Gasteiger partial charge in [0.1, 0.15) is 6.29 Å². The maximum absolute atomic E-state index is 10.8. The summed E-state index contributed by atoms with van der Waals surface area (Å²) in [7, 11) is 0. The Hall–Kier alpha value is -1.31. The van der Waals surface area contributed by atoms with E-state index in [1.165, 1.54) is 12.8 Å². The van der Waals surface area contributed by atoms with Crippen molar-refractivity contribution in [2.45, 2.75) is 38.6 Å². The van der Waals surface area contributed by atoms with E-state index in [9.17, 15) is 4.79 Å². The highest BCUT2D eigenvalue weighted by Crippen LogP contribution is 2.10. The van der Waals surface area contributed by atoms with Gasteiger partial charge in [-0.05, 0) is 18.6 Å². The minimum absolute atomic E-state index is 0.0426. The Morgan fingerprint density at radius 2 is 2.00 bits per heavy atom. The first kappa shape index (κ1) is 11.8. The average Bonchev–Trinajstić information content (AvgIpc) is 2.29. The zero-order chi connectivity index (χ0) is 10.9. The Morgan fingerprint density at radius 1 is 1.27 bits per heavy atom. The van der Waals surface area contributed by atoms with Crippen molar-refractivity contribution in [1.82, 2.24) is 0 Å². The van der Waals surface area contributed by atoms with Gasteiger partial charge in [-0.1, -0.05) is 44.4 Å². The van der Waals surface area contributed by atoms with E-state index in [1.807, 2.05) is 30.3 Å². The van der Waals surface area contributed by atoms with Gasteiger partial charge in [-0.15, -0.1) is 0 Å². The molecule has 0 bridgehead atoms. The van der Waals surface area contributed by atoms with Gasteiger partial charge in [0.05, 0.1) is 6.04 Å². The first-order chi connectivity index (χ1) is 7.36. The molecule has 1 unspecified atom stereocenters. The zero-order valence-corrected chi connectivity index (χ0v) is 9.28. The predicted octanol–water partition coefficient (Wildman–Crippen LogP) is 3.25. The van der Waals surface area contributed by atoms with E-state index in [-0.39, 0.29) is 6.04 Å². The molecule has 1 aromatic carbocycles. The number of unbranched alkanes of at least 4 members (excludes halogenated alkanes) is 2. The van der Waals surface area contributed by atoms with Gasteiger partial charge in [0.25, 0.3) is 0 Å². The fourth-order valence-corrected chi connectivity index (χ4v) is 1.54. The topological polar surface area (TPSA) is 29.1 Å². The van der Waals surface area contributed by atoms with E-state index in [2.05, 4.69) is 12.2 Å². The molecule has 0 heterocycles. The van der Waals surface area contributed by atoms with Gasteiger partial charge in [0.2, 0.25) is 0 Å². The number of aldehydes is 1. The molecule has 1 rings (SSSR count). The van der Waals surface area contributed by atoms with Gasteiger partial charge >= 0.3 is 0 Å². The number of hydrogen-bond donors (Lipinski definition) is 1. The fraction of sp³-hybridized carbons (Fsp3) is 0.462. The molecular formula is C13H19NO. The highest BCUT2D eigenvalue weighted by atomic mass is 16.1. The third-order valence-corrected chi connectivity index (χ3v) is 2.41. The second kappa shape index (κ2) is 7.04. The SMILES string of the molecule is CCCCCC(C=O)Nc1ccccc1. The lowest BCUT2D eigenvalue weighted by Gasteiger charge is -2.13. The molecule has 0 aliphatic rings. The van der Waals surface area contributed by atoms with Crippen LogP contribution in [0.4, 0.5) is 5.69 Å². The molecule has 0 radical (unpaired) electrons. The van der Waals surface area contributed by atoms with Gasteiger partial charge in [-0.25, -0.2) is 0 Å². The molecule has 0 spiro atoms. The molecule has 0 saturated heterocycles. The first-order valence-corrected chi connectivity index (χ1v) is 5.63. The summed E-state index contributed by atoms with van der Waals surface area (Å²) in [6.45, 7) is 2.17. The monoisotopic (exact) mass is 205 g/mol. The number of carbonyl (C=O) groups is 1. The van der Waals surface area contributed by atoms with Crippen LogP contribution >= 0.6 is 0 Å². The van der Waals surface area contributed by atoms with Gasteiger partial charge in [0, 0.05) is 5.69 Å². The van der Waals surface area contributed by atoms with Crippen molar-refractivity contribution in [3.8, 4) is 0 Å². The number of rotatable bonds is 7. The lowest BCUT2D eigenvalue weighted by atomic mass is 10.1. The van der Waals surface area contributed by atoms with Gasteiger partial charge in [-0.2, -0.15) is 0 Å². The van der Waals surface area contributed by atoms with Crippen molar-refractivity contribution < 1.29 is 4.79 Å². The van der Waals surface area contributed by atoms with E-state index in [0.29, 0.717) is 0 Å². The summed E-state index contributed by atoms with van der Waals surface area (Å²) in [6.07, 6.45) is 5.42. The van der Waals surface area contributed by atoms with Crippen LogP contribution < -0.4 is 5.32 Å². The molecule has 0 aliphatic heterocycles. The third-order valence-electron chi connectivity index (χ3n) is 2.41. The van der Waals surface area contributed by atoms with E-state index >= 15 is 0 Å². The van der Waals surface area contributed by atoms with Crippen LogP contribution in [0.2, 0.25) is 0 Å². The molecule has 1 N–H and O–H groups in total. The van der Waals surface area contributed by atoms with Crippen LogP contribution in [0.15, 0.2) is 30.3 Å². The summed E-state index contributed by atoms with van der Waals surface area (Å²) in [5.74, 6) is 0. The van der Waals surface area contributed by atoms with Crippen molar-refractivity contribution in [2.24, 2.45) is 0 Å². The smallest absolute Gasteiger partial charge is 0.142 e. The van der Waals surface area contributed by atoms with Crippen molar-refractivity contribution in [2.75, 3.05) is 5.32 Å². The lowest BCUT2D eigenvalue weighted by Crippen LogP contribution is -2.20. The Labute approximate surface area is 91.7 Å². The Morgan fingerprint density at radius 3 is 2.60 bits per heavy atom. The summed E-state index contributed by atoms with van der Waals surface area (Å²) >= 11 is 0. The van der Waals surface area contributed by atoms with Crippen LogP contribution in [0.5, 0.6) is 0 Å². The summed E-state index contributed by atoms with van der Waals surface area (Å²) in [5.41, 5.74) is 1.02. The van der Waals surface area contributed by atoms with Crippen LogP contribution in [-0.4, -0.2) is 12.3 Å². The number of anilines is 1. The van der Waals surface area contributed by atoms with Crippen LogP contribution in [-0.2, 0) is 4.79 Å². The molecule has 0 fully saturated rings. The molecule has 1 atom stereocenters. The largest absolute Gasteiger partial charge is 0.376 e. The summed E-state index contributed by atoms with van der Waals surface area (Å²) in [6, 6.07) is 9.83. The van der Waals surface area contributed by atoms with Crippen LogP contribution in [0.25, 0.3) is 0 Å². The molecule has 0 aliphatic carbocycles. The van der Waals surface area contributed by atoms with Gasteiger partial charge in [0.15, 0.2) is 0 Å². The number of nitrogens with one attached hydrogen (secondary N) is 1. The maximum atomic E-state index is 10.8. The zero-order valence-electron chi connectivity index (χ0n) is 9.28. The standard InChI is InChI=1S/C13H19NO/c1-2-3-5-10-13(11-15)14-12-8-6-4-7-9-12/h4,6-9,11,13-14H,2-3,5,10H2,1H3. The maximum Gasteiger partial charge on any atom is 0.142 e. The van der Waals surface area contributed by atoms with Gasteiger partial charge in [-0.3, -0.25) is 0 Å². The van der Waals surface area contributed by atoms with Crippen LogP contribution in [0, 0.1) is 0 Å². The van der Waals surface area contributed by atoms with Crippen molar-refractivity contribution in [1.29, 1.82) is 0 Å². The molecular weight excluding hydrogens is 186 g/mol. The summed E-state index contributed by atoms with van der Waals surface area (Å²) < 4.78 is 0. The number of carbonyl (C=O) groups excluding carboxylic acids is 1. The Kier molecular flexibility index (Phi) is 5.52.